The summed E-state index contributed by atoms with van der Waals surface area (Å²) in [5.74, 6) is -1.88. The van der Waals surface area contributed by atoms with Crippen LogP contribution in [-0.2, 0) is 0 Å². The maximum atomic E-state index is 12.8. The fourth-order valence-corrected chi connectivity index (χ4v) is 1.18. The summed E-state index contributed by atoms with van der Waals surface area (Å²) in [7, 11) is 0. The van der Waals surface area contributed by atoms with Crippen LogP contribution in [0, 0.1) is 11.6 Å². The molecule has 70 valence electrons. The molecule has 0 saturated heterocycles. The zero-order chi connectivity index (χ0) is 10.0. The minimum absolute atomic E-state index is 0.00954. The van der Waals surface area contributed by atoms with E-state index in [9.17, 15) is 13.6 Å². The van der Waals surface area contributed by atoms with Gasteiger partial charge >= 0.3 is 0 Å². The van der Waals surface area contributed by atoms with Crippen molar-refractivity contribution in [1.29, 1.82) is 0 Å². The molecule has 0 aromatic heterocycles. The zero-order valence-corrected chi connectivity index (χ0v) is 7.47. The summed E-state index contributed by atoms with van der Waals surface area (Å²) in [6.45, 7) is 3.64. The number of hydrogen-bond acceptors (Lipinski definition) is 1. The lowest BCUT2D eigenvalue weighted by molar-refractivity contribution is 0.112. The molecule has 0 heterocycles. The number of aldehydes is 1. The molecular formula is C10H10F2O. The van der Waals surface area contributed by atoms with E-state index in [1.807, 2.05) is 13.8 Å². The van der Waals surface area contributed by atoms with E-state index >= 15 is 0 Å². The Bertz CT molecular complexity index is 332. The molecule has 0 fully saturated rings. The number of rotatable bonds is 2. The Balaban J connectivity index is 3.32. The summed E-state index contributed by atoms with van der Waals surface area (Å²) in [5, 5.41) is 0. The van der Waals surface area contributed by atoms with Crippen LogP contribution >= 0.6 is 0 Å². The molecule has 13 heavy (non-hydrogen) atoms. The lowest BCUT2D eigenvalue weighted by atomic mass is 9.98. The molecule has 0 spiro atoms. The van der Waals surface area contributed by atoms with E-state index in [0.717, 1.165) is 12.1 Å². The van der Waals surface area contributed by atoms with Crippen LogP contribution in [0.1, 0.15) is 35.7 Å². The molecule has 1 aromatic rings. The van der Waals surface area contributed by atoms with Crippen molar-refractivity contribution in [3.8, 4) is 0 Å². The summed E-state index contributed by atoms with van der Waals surface area (Å²) in [6.07, 6.45) is 0.540. The van der Waals surface area contributed by atoms with Gasteiger partial charge in [0.15, 0.2) is 11.6 Å². The first-order chi connectivity index (χ1) is 6.06. The molecule has 0 aliphatic rings. The van der Waals surface area contributed by atoms with Crippen LogP contribution in [0.15, 0.2) is 12.1 Å². The number of benzene rings is 1. The first-order valence-corrected chi connectivity index (χ1v) is 4.00. The second kappa shape index (κ2) is 3.64. The zero-order valence-electron chi connectivity index (χ0n) is 7.47. The maximum Gasteiger partial charge on any atom is 0.159 e. The highest BCUT2D eigenvalue weighted by atomic mass is 19.2. The van der Waals surface area contributed by atoms with Gasteiger partial charge in [-0.25, -0.2) is 8.78 Å². The second-order valence-electron chi connectivity index (χ2n) is 3.17. The van der Waals surface area contributed by atoms with Crippen molar-refractivity contribution in [3.05, 3.63) is 34.9 Å². The fourth-order valence-electron chi connectivity index (χ4n) is 1.18. The quantitative estimate of drug-likeness (QED) is 0.646. The predicted octanol–water partition coefficient (Wildman–Crippen LogP) is 2.90. The second-order valence-corrected chi connectivity index (χ2v) is 3.17. The van der Waals surface area contributed by atoms with Crippen molar-refractivity contribution in [2.24, 2.45) is 0 Å². The lowest BCUT2D eigenvalue weighted by Gasteiger charge is -2.08. The molecular weight excluding hydrogens is 174 g/mol. The van der Waals surface area contributed by atoms with Gasteiger partial charge in [-0.05, 0) is 23.6 Å². The van der Waals surface area contributed by atoms with Crippen LogP contribution < -0.4 is 0 Å². The normalized spacial score (nSPS) is 10.5. The topological polar surface area (TPSA) is 17.1 Å². The van der Waals surface area contributed by atoms with E-state index in [-0.39, 0.29) is 11.5 Å². The standard InChI is InChI=1S/C10H10F2O/c1-6(2)8-4-10(12)9(11)3-7(8)5-13/h3-6H,1-2H3. The van der Waals surface area contributed by atoms with Crippen LogP contribution in [-0.4, -0.2) is 6.29 Å². The van der Waals surface area contributed by atoms with Gasteiger partial charge in [-0.3, -0.25) is 4.79 Å². The molecule has 0 aliphatic heterocycles. The molecule has 1 rings (SSSR count). The molecule has 0 N–H and O–H groups in total. The van der Waals surface area contributed by atoms with E-state index in [1.54, 1.807) is 0 Å². The van der Waals surface area contributed by atoms with Gasteiger partial charge in [-0.15, -0.1) is 0 Å². The van der Waals surface area contributed by atoms with Crippen molar-refractivity contribution in [2.45, 2.75) is 19.8 Å². The van der Waals surface area contributed by atoms with Crippen molar-refractivity contribution in [3.63, 3.8) is 0 Å². The Kier molecular flexibility index (Phi) is 2.76. The van der Waals surface area contributed by atoms with E-state index in [0.29, 0.717) is 11.8 Å². The smallest absolute Gasteiger partial charge is 0.159 e. The number of hydrogen-bond donors (Lipinski definition) is 0. The van der Waals surface area contributed by atoms with Crippen LogP contribution in [0.2, 0.25) is 0 Å². The minimum Gasteiger partial charge on any atom is -0.298 e. The third kappa shape index (κ3) is 1.91. The summed E-state index contributed by atoms with van der Waals surface area (Å²) >= 11 is 0. The molecule has 0 bridgehead atoms. The Labute approximate surface area is 75.4 Å². The highest BCUT2D eigenvalue weighted by molar-refractivity contribution is 5.77. The summed E-state index contributed by atoms with van der Waals surface area (Å²) in [4.78, 5) is 10.5. The van der Waals surface area contributed by atoms with Crippen LogP contribution in [0.3, 0.4) is 0 Å². The van der Waals surface area contributed by atoms with Crippen molar-refractivity contribution in [1.82, 2.24) is 0 Å². The lowest BCUT2D eigenvalue weighted by Crippen LogP contribution is -1.98. The molecule has 0 unspecified atom stereocenters. The van der Waals surface area contributed by atoms with Crippen molar-refractivity contribution < 1.29 is 13.6 Å². The molecule has 1 nitrogen and oxygen atoms in total. The highest BCUT2D eigenvalue weighted by Gasteiger charge is 2.11. The molecule has 3 heteroatoms. The van der Waals surface area contributed by atoms with E-state index in [1.165, 1.54) is 0 Å². The average Bonchev–Trinajstić information content (AvgIpc) is 2.08. The largest absolute Gasteiger partial charge is 0.298 e. The monoisotopic (exact) mass is 184 g/mol. The first kappa shape index (κ1) is 9.84. The number of carbonyl (C=O) groups is 1. The molecule has 0 amide bonds. The third-order valence-electron chi connectivity index (χ3n) is 1.87. The van der Waals surface area contributed by atoms with Gasteiger partial charge in [-0.1, -0.05) is 13.8 Å². The Morgan fingerprint density at radius 2 is 1.77 bits per heavy atom. The van der Waals surface area contributed by atoms with E-state index < -0.39 is 11.6 Å². The number of carbonyl (C=O) groups excluding carboxylic acids is 1. The predicted molar refractivity (Wildman–Crippen MR) is 45.8 cm³/mol. The van der Waals surface area contributed by atoms with Crippen LogP contribution in [0.5, 0.6) is 0 Å². The fraction of sp³-hybridized carbons (Fsp3) is 0.300. The van der Waals surface area contributed by atoms with Gasteiger partial charge in [0, 0.05) is 5.56 Å². The first-order valence-electron chi connectivity index (χ1n) is 4.00. The van der Waals surface area contributed by atoms with Gasteiger partial charge < -0.3 is 0 Å². The maximum absolute atomic E-state index is 12.8. The summed E-state index contributed by atoms with van der Waals surface area (Å²) in [5.41, 5.74) is 0.753. The molecule has 0 aliphatic carbocycles. The van der Waals surface area contributed by atoms with Gasteiger partial charge in [0.1, 0.15) is 6.29 Å². The molecule has 1 aromatic carbocycles. The minimum atomic E-state index is -0.980. The molecule has 0 atom stereocenters. The number of halogens is 2. The van der Waals surface area contributed by atoms with E-state index in [2.05, 4.69) is 0 Å². The molecule has 0 radical (unpaired) electrons. The average molecular weight is 184 g/mol. The molecule has 0 saturated carbocycles. The Morgan fingerprint density at radius 1 is 1.23 bits per heavy atom. The SMILES string of the molecule is CC(C)c1cc(F)c(F)cc1C=O. The summed E-state index contributed by atoms with van der Waals surface area (Å²) in [6, 6.07) is 2.00. The van der Waals surface area contributed by atoms with Gasteiger partial charge in [-0.2, -0.15) is 0 Å². The van der Waals surface area contributed by atoms with Crippen LogP contribution in [0.4, 0.5) is 8.78 Å². The van der Waals surface area contributed by atoms with Crippen LogP contribution in [0.25, 0.3) is 0 Å². The summed E-state index contributed by atoms with van der Waals surface area (Å²) < 4.78 is 25.4. The van der Waals surface area contributed by atoms with Crippen molar-refractivity contribution in [2.75, 3.05) is 0 Å². The van der Waals surface area contributed by atoms with Gasteiger partial charge in [0.2, 0.25) is 0 Å². The van der Waals surface area contributed by atoms with Gasteiger partial charge in [0.05, 0.1) is 0 Å². The van der Waals surface area contributed by atoms with Gasteiger partial charge in [0.25, 0.3) is 0 Å². The third-order valence-corrected chi connectivity index (χ3v) is 1.87. The highest BCUT2D eigenvalue weighted by Crippen LogP contribution is 2.21. The Morgan fingerprint density at radius 3 is 2.23 bits per heavy atom. The Hall–Kier alpha value is -1.25. The van der Waals surface area contributed by atoms with Crippen molar-refractivity contribution >= 4 is 6.29 Å². The van der Waals surface area contributed by atoms with E-state index in [4.69, 9.17) is 0 Å².